The zero-order valence-corrected chi connectivity index (χ0v) is 13.4. The van der Waals surface area contributed by atoms with Crippen LogP contribution in [0.4, 0.5) is 5.69 Å². The van der Waals surface area contributed by atoms with E-state index >= 15 is 0 Å². The minimum Gasteiger partial charge on any atom is -0.258 e. The van der Waals surface area contributed by atoms with E-state index in [-0.39, 0.29) is 34.6 Å². The fourth-order valence-electron chi connectivity index (χ4n) is 1.85. The van der Waals surface area contributed by atoms with Crippen LogP contribution in [0.25, 0.3) is 12.2 Å². The van der Waals surface area contributed by atoms with Gasteiger partial charge in [0.25, 0.3) is 5.69 Å². The van der Waals surface area contributed by atoms with Crippen molar-refractivity contribution < 1.29 is 9.49 Å². The van der Waals surface area contributed by atoms with Gasteiger partial charge in [-0.25, -0.2) is 0 Å². The molecule has 1 aromatic heterocycles. The highest BCUT2D eigenvalue weighted by molar-refractivity contribution is 14.0. The van der Waals surface area contributed by atoms with Crippen molar-refractivity contribution in [3.05, 3.63) is 70.0 Å². The predicted molar refractivity (Wildman–Crippen MR) is 89.8 cm³/mol. The van der Waals surface area contributed by atoms with Crippen molar-refractivity contribution in [1.29, 1.82) is 0 Å². The number of nitro groups is 1. The first kappa shape index (κ1) is 16.3. The fourth-order valence-corrected chi connectivity index (χ4v) is 1.85. The lowest BCUT2D eigenvalue weighted by Crippen LogP contribution is -2.34. The van der Waals surface area contributed by atoms with Crippen LogP contribution >= 0.6 is 24.0 Å². The van der Waals surface area contributed by atoms with Gasteiger partial charge in [0, 0.05) is 30.3 Å². The van der Waals surface area contributed by atoms with E-state index in [9.17, 15) is 10.1 Å². The van der Waals surface area contributed by atoms with E-state index in [2.05, 4.69) is 11.5 Å². The van der Waals surface area contributed by atoms with Crippen molar-refractivity contribution in [2.45, 2.75) is 13.5 Å². The Hall–Kier alpha value is -1.76. The molecule has 0 amide bonds. The molecular weight excluding hydrogens is 367 g/mol. The summed E-state index contributed by atoms with van der Waals surface area (Å²) in [6, 6.07) is 12.6. The fraction of sp³-hybridized carbons (Fsp3) is 0.133. The topological polar surface area (TPSA) is 47.0 Å². The molecule has 0 aliphatic heterocycles. The van der Waals surface area contributed by atoms with Crippen LogP contribution in [0.2, 0.25) is 0 Å². The molecule has 0 aliphatic carbocycles. The molecule has 0 saturated heterocycles. The standard InChI is InChI=1S/C15H15N2O2.HI/c1-2-16-11-4-3-7-14(16)10-9-13-6-5-8-15(12-13)17(18)19;/h3-12H,2H2,1H3;1H/q+1;/b10-9+;. The summed E-state index contributed by atoms with van der Waals surface area (Å²) in [5.74, 6) is 0. The highest BCUT2D eigenvalue weighted by Gasteiger charge is 2.05. The first-order chi connectivity index (χ1) is 9.20. The van der Waals surface area contributed by atoms with Gasteiger partial charge in [0.1, 0.15) is 6.54 Å². The number of nitro benzene ring substituents is 1. The van der Waals surface area contributed by atoms with Crippen LogP contribution in [-0.4, -0.2) is 4.92 Å². The number of benzene rings is 1. The number of halogens is 1. The van der Waals surface area contributed by atoms with E-state index in [1.54, 1.807) is 12.1 Å². The Labute approximate surface area is 134 Å². The van der Waals surface area contributed by atoms with Crippen molar-refractivity contribution in [3.8, 4) is 0 Å². The Morgan fingerprint density at radius 3 is 2.70 bits per heavy atom. The van der Waals surface area contributed by atoms with Crippen molar-refractivity contribution in [2.75, 3.05) is 0 Å². The molecule has 20 heavy (non-hydrogen) atoms. The SMILES string of the molecule is CC[n+]1ccccc1/C=C/c1cccc([N+](=O)[O-])c1.I. The van der Waals surface area contributed by atoms with Gasteiger partial charge in [-0.1, -0.05) is 12.1 Å². The molecule has 1 aromatic carbocycles. The smallest absolute Gasteiger partial charge is 0.258 e. The van der Waals surface area contributed by atoms with Crippen LogP contribution in [0, 0.1) is 10.1 Å². The summed E-state index contributed by atoms with van der Waals surface area (Å²) >= 11 is 0. The molecule has 2 rings (SSSR count). The second kappa shape index (κ2) is 7.74. The molecule has 4 nitrogen and oxygen atoms in total. The Balaban J connectivity index is 0.00000200. The van der Waals surface area contributed by atoms with Gasteiger partial charge in [-0.2, -0.15) is 4.57 Å². The summed E-state index contributed by atoms with van der Waals surface area (Å²) in [6.45, 7) is 2.96. The van der Waals surface area contributed by atoms with Gasteiger partial charge in [-0.3, -0.25) is 10.1 Å². The normalized spacial score (nSPS) is 10.2. The molecule has 0 saturated carbocycles. The van der Waals surface area contributed by atoms with E-state index in [1.807, 2.05) is 42.6 Å². The molecular formula is C15H16IN2O2+. The van der Waals surface area contributed by atoms with Crippen molar-refractivity contribution >= 4 is 41.8 Å². The third-order valence-corrected chi connectivity index (χ3v) is 2.84. The molecule has 104 valence electrons. The third kappa shape index (κ3) is 4.12. The second-order valence-corrected chi connectivity index (χ2v) is 4.10. The predicted octanol–water partition coefficient (Wildman–Crippen LogP) is 3.69. The Kier molecular flexibility index (Phi) is 6.30. The maximum atomic E-state index is 10.7. The van der Waals surface area contributed by atoms with E-state index in [4.69, 9.17) is 0 Å². The monoisotopic (exact) mass is 383 g/mol. The third-order valence-electron chi connectivity index (χ3n) is 2.84. The summed E-state index contributed by atoms with van der Waals surface area (Å²) in [7, 11) is 0. The average Bonchev–Trinajstić information content (AvgIpc) is 2.45. The van der Waals surface area contributed by atoms with Crippen LogP contribution < -0.4 is 4.57 Å². The van der Waals surface area contributed by atoms with Crippen LogP contribution in [0.15, 0.2) is 48.7 Å². The zero-order valence-electron chi connectivity index (χ0n) is 11.1. The van der Waals surface area contributed by atoms with Gasteiger partial charge in [-0.05, 0) is 24.6 Å². The molecule has 1 heterocycles. The maximum Gasteiger partial charge on any atom is 0.270 e. The van der Waals surface area contributed by atoms with Crippen molar-refractivity contribution in [3.63, 3.8) is 0 Å². The maximum absolute atomic E-state index is 10.7. The summed E-state index contributed by atoms with van der Waals surface area (Å²) < 4.78 is 2.11. The quantitative estimate of drug-likeness (QED) is 0.350. The second-order valence-electron chi connectivity index (χ2n) is 4.10. The van der Waals surface area contributed by atoms with E-state index in [1.165, 1.54) is 6.07 Å². The first-order valence-electron chi connectivity index (χ1n) is 6.11. The molecule has 0 N–H and O–H groups in total. The van der Waals surface area contributed by atoms with Gasteiger partial charge >= 0.3 is 0 Å². The summed E-state index contributed by atoms with van der Waals surface area (Å²) in [6.07, 6.45) is 5.85. The molecule has 0 fully saturated rings. The van der Waals surface area contributed by atoms with Crippen LogP contribution in [0.3, 0.4) is 0 Å². The van der Waals surface area contributed by atoms with Crippen LogP contribution in [-0.2, 0) is 6.54 Å². The number of hydrogen-bond acceptors (Lipinski definition) is 2. The number of rotatable bonds is 4. The molecule has 0 spiro atoms. The van der Waals surface area contributed by atoms with Gasteiger partial charge in [0.15, 0.2) is 6.20 Å². The molecule has 0 unspecified atom stereocenters. The molecule has 0 atom stereocenters. The lowest BCUT2D eigenvalue weighted by Gasteiger charge is -1.97. The molecule has 0 bridgehead atoms. The first-order valence-corrected chi connectivity index (χ1v) is 6.11. The van der Waals surface area contributed by atoms with Crippen molar-refractivity contribution in [2.24, 2.45) is 0 Å². The molecule has 0 aliphatic rings. The van der Waals surface area contributed by atoms with Crippen LogP contribution in [0.1, 0.15) is 18.2 Å². The average molecular weight is 383 g/mol. The van der Waals surface area contributed by atoms with E-state index in [0.29, 0.717) is 0 Å². The van der Waals surface area contributed by atoms with Crippen LogP contribution in [0.5, 0.6) is 0 Å². The number of aryl methyl sites for hydroxylation is 1. The van der Waals surface area contributed by atoms with Gasteiger partial charge < -0.3 is 0 Å². The summed E-state index contributed by atoms with van der Waals surface area (Å²) in [5.41, 5.74) is 2.00. The van der Waals surface area contributed by atoms with Gasteiger partial charge in [-0.15, -0.1) is 24.0 Å². The highest BCUT2D eigenvalue weighted by Crippen LogP contribution is 2.14. The number of aromatic nitrogens is 1. The van der Waals surface area contributed by atoms with Gasteiger partial charge in [0.05, 0.1) is 4.92 Å². The largest absolute Gasteiger partial charge is 0.270 e. The Morgan fingerprint density at radius 1 is 1.20 bits per heavy atom. The van der Waals surface area contributed by atoms with E-state index < -0.39 is 0 Å². The molecule has 5 heteroatoms. The highest BCUT2D eigenvalue weighted by atomic mass is 127. The summed E-state index contributed by atoms with van der Waals surface area (Å²) in [4.78, 5) is 10.3. The van der Waals surface area contributed by atoms with Gasteiger partial charge in [0.2, 0.25) is 5.69 Å². The Morgan fingerprint density at radius 2 is 2.00 bits per heavy atom. The molecule has 0 radical (unpaired) electrons. The minimum atomic E-state index is -0.383. The number of hydrogen-bond donors (Lipinski definition) is 0. The lowest BCUT2D eigenvalue weighted by molar-refractivity contribution is -0.695. The number of pyridine rings is 1. The minimum absolute atomic E-state index is 0. The summed E-state index contributed by atoms with van der Waals surface area (Å²) in [5, 5.41) is 10.7. The van der Waals surface area contributed by atoms with Crippen molar-refractivity contribution in [1.82, 2.24) is 0 Å². The lowest BCUT2D eigenvalue weighted by atomic mass is 10.1. The Bertz CT molecular complexity index is 627. The molecule has 2 aromatic rings. The number of nitrogens with zero attached hydrogens (tertiary/aromatic N) is 2. The number of non-ortho nitro benzene ring substituents is 1. The van der Waals surface area contributed by atoms with E-state index in [0.717, 1.165) is 17.8 Å². The zero-order chi connectivity index (χ0) is 13.7.